The minimum Gasteiger partial charge on any atom is -0.508 e. The van der Waals surface area contributed by atoms with Crippen LogP contribution in [0.25, 0.3) is 6.08 Å². The summed E-state index contributed by atoms with van der Waals surface area (Å²) in [5.41, 5.74) is 3.31. The summed E-state index contributed by atoms with van der Waals surface area (Å²) in [6.07, 6.45) is 1.17. The average Bonchev–Trinajstić information content (AvgIpc) is 3.89. The van der Waals surface area contributed by atoms with Gasteiger partial charge in [0, 0.05) is 37.6 Å². The molecule has 3 saturated heterocycles. The number of likely N-dealkylation sites (N-methyl/N-ethyl adjacent to an activating group) is 1. The molecule has 0 radical (unpaired) electrons. The van der Waals surface area contributed by atoms with Crippen molar-refractivity contribution >= 4 is 23.9 Å². The minimum absolute atomic E-state index is 0.00895. The van der Waals surface area contributed by atoms with Crippen molar-refractivity contribution in [2.45, 2.75) is 68.1 Å². The number of hydroxylamine groups is 2. The van der Waals surface area contributed by atoms with Gasteiger partial charge in [-0.3, -0.25) is 19.2 Å². The van der Waals surface area contributed by atoms with Crippen LogP contribution in [0.1, 0.15) is 39.8 Å². The summed E-state index contributed by atoms with van der Waals surface area (Å²) in [5.74, 6) is -2.70. The van der Waals surface area contributed by atoms with E-state index in [-0.39, 0.29) is 38.3 Å². The summed E-state index contributed by atoms with van der Waals surface area (Å²) in [6.45, 7) is -0.131. The van der Waals surface area contributed by atoms with Crippen LogP contribution in [0.4, 0.5) is 0 Å². The van der Waals surface area contributed by atoms with Crippen LogP contribution < -0.4 is 5.32 Å². The number of phenolic OH excluding ortho intramolecular Hbond substituents is 1. The van der Waals surface area contributed by atoms with Crippen LogP contribution in [0, 0.1) is 5.41 Å². The van der Waals surface area contributed by atoms with Crippen LogP contribution in [-0.4, -0.2) is 94.7 Å². The largest absolute Gasteiger partial charge is 0.508 e. The lowest BCUT2D eigenvalue weighted by molar-refractivity contribution is -0.214. The maximum absolute atomic E-state index is 15.7. The Kier molecular flexibility index (Phi) is 11.5. The number of ether oxygens (including phenoxy) is 3. The predicted molar refractivity (Wildman–Crippen MR) is 229 cm³/mol. The van der Waals surface area contributed by atoms with Gasteiger partial charge in [0.2, 0.25) is 17.6 Å². The van der Waals surface area contributed by atoms with Crippen LogP contribution in [0.2, 0.25) is 0 Å². The Morgan fingerprint density at radius 3 is 2.13 bits per heavy atom. The number of carbonyl (C=O) groups excluding carboxylic acids is 3. The molecular formula is C50H49N3O9. The molecule has 9 rings (SSSR count). The highest BCUT2D eigenvalue weighted by Crippen LogP contribution is 2.59. The molecule has 2 amide bonds. The van der Waals surface area contributed by atoms with E-state index in [0.29, 0.717) is 6.42 Å². The highest BCUT2D eigenvalue weighted by molar-refractivity contribution is 5.96. The van der Waals surface area contributed by atoms with E-state index in [2.05, 4.69) is 5.32 Å². The summed E-state index contributed by atoms with van der Waals surface area (Å²) in [7, 11) is 1.59. The third kappa shape index (κ3) is 7.48. The summed E-state index contributed by atoms with van der Waals surface area (Å²) in [4.78, 5) is 52.5. The van der Waals surface area contributed by atoms with E-state index in [1.54, 1.807) is 24.2 Å². The first-order valence-corrected chi connectivity index (χ1v) is 21.0. The number of para-hydroxylation sites is 1. The molecule has 2 bridgehead atoms. The van der Waals surface area contributed by atoms with Gasteiger partial charge in [0.25, 0.3) is 0 Å². The highest BCUT2D eigenvalue weighted by atomic mass is 16.8. The van der Waals surface area contributed by atoms with Crippen LogP contribution in [0.15, 0.2) is 146 Å². The number of phenols is 1. The van der Waals surface area contributed by atoms with Gasteiger partial charge in [-0.2, -0.15) is 5.06 Å². The van der Waals surface area contributed by atoms with E-state index in [1.165, 1.54) is 4.90 Å². The summed E-state index contributed by atoms with van der Waals surface area (Å²) in [5, 5.41) is 24.1. The number of hydrogen-bond donors (Lipinski definition) is 3. The van der Waals surface area contributed by atoms with Crippen molar-refractivity contribution in [2.24, 2.45) is 5.41 Å². The Bertz CT molecular complexity index is 2380. The Balaban J connectivity index is 1.08. The second-order valence-corrected chi connectivity index (χ2v) is 16.4. The molecule has 1 saturated carbocycles. The van der Waals surface area contributed by atoms with Gasteiger partial charge in [0.1, 0.15) is 41.6 Å². The van der Waals surface area contributed by atoms with Crippen molar-refractivity contribution < 1.29 is 43.6 Å². The standard InChI is InChI=1S/C50H49N3O9/c1-52(39(46(56)51-28-29-54)30-34-14-5-2-6-15-34)48(58)49-31-41-42-43(61-50(60-42,37-19-7-3-8-20-37)38-21-9-4-10-22-38)45(49)62-53(44(49)47(57)59-41)32-35-26-24-33(25-27-35)16-13-18-36-17-11-12-23-40(36)55/h2-17,19-27,39,41-45,54-55H,18,28-32H2,1H3,(H,51,56). The van der Waals surface area contributed by atoms with E-state index in [4.69, 9.17) is 19.0 Å². The van der Waals surface area contributed by atoms with Gasteiger partial charge in [0.15, 0.2) is 6.04 Å². The Morgan fingerprint density at radius 1 is 0.839 bits per heavy atom. The molecular weight excluding hydrogens is 787 g/mol. The summed E-state index contributed by atoms with van der Waals surface area (Å²) in [6, 6.07) is 41.4. The molecule has 7 atom stereocenters. The number of nitrogens with zero attached hydrogens (tertiary/aromatic N) is 2. The van der Waals surface area contributed by atoms with Crippen molar-refractivity contribution in [1.29, 1.82) is 0 Å². The highest BCUT2D eigenvalue weighted by Gasteiger charge is 2.77. The van der Waals surface area contributed by atoms with Crippen LogP contribution in [0.5, 0.6) is 5.75 Å². The summed E-state index contributed by atoms with van der Waals surface area (Å²) < 4.78 is 20.5. The molecule has 12 heteroatoms. The van der Waals surface area contributed by atoms with Crippen LogP contribution in [0.3, 0.4) is 0 Å². The first-order valence-electron chi connectivity index (χ1n) is 21.0. The van der Waals surface area contributed by atoms with E-state index < -0.39 is 65.5 Å². The normalized spacial score (nSPS) is 25.2. The number of aliphatic hydroxyl groups excluding tert-OH is 1. The lowest BCUT2D eigenvalue weighted by Crippen LogP contribution is -2.70. The number of aliphatic hydroxyl groups is 1. The van der Waals surface area contributed by atoms with Crippen molar-refractivity contribution in [3.63, 3.8) is 0 Å². The van der Waals surface area contributed by atoms with E-state index >= 15 is 4.79 Å². The van der Waals surface area contributed by atoms with Crippen LogP contribution >= 0.6 is 0 Å². The van der Waals surface area contributed by atoms with Crippen molar-refractivity contribution in [3.05, 3.63) is 179 Å². The fourth-order valence-corrected chi connectivity index (χ4v) is 9.60. The van der Waals surface area contributed by atoms with Gasteiger partial charge >= 0.3 is 5.97 Å². The Morgan fingerprint density at radius 2 is 1.47 bits per heavy atom. The van der Waals surface area contributed by atoms with Gasteiger partial charge in [-0.15, -0.1) is 0 Å². The molecule has 7 unspecified atom stereocenters. The lowest BCUT2D eigenvalue weighted by atomic mass is 9.62. The zero-order valence-corrected chi connectivity index (χ0v) is 34.3. The maximum Gasteiger partial charge on any atom is 0.327 e. The lowest BCUT2D eigenvalue weighted by Gasteiger charge is -2.50. The molecule has 3 N–H and O–H groups in total. The fraction of sp³-hybridized carbons (Fsp3) is 0.300. The zero-order valence-electron chi connectivity index (χ0n) is 34.3. The van der Waals surface area contributed by atoms with E-state index in [9.17, 15) is 19.8 Å². The van der Waals surface area contributed by atoms with E-state index in [1.807, 2.05) is 140 Å². The molecule has 12 nitrogen and oxygen atoms in total. The van der Waals surface area contributed by atoms with Crippen LogP contribution in [-0.2, 0) is 58.6 Å². The molecule has 318 valence electrons. The number of carbonyl (C=O) groups is 3. The monoisotopic (exact) mass is 835 g/mol. The second-order valence-electron chi connectivity index (χ2n) is 16.4. The molecule has 5 aromatic carbocycles. The van der Waals surface area contributed by atoms with Gasteiger partial charge in [-0.1, -0.05) is 146 Å². The Hall–Kier alpha value is -6.15. The number of hydrogen-bond acceptors (Lipinski definition) is 10. The predicted octanol–water partition coefficient (Wildman–Crippen LogP) is 5.31. The van der Waals surface area contributed by atoms with E-state index in [0.717, 1.165) is 33.4 Å². The topological polar surface area (TPSA) is 147 Å². The molecule has 5 aromatic rings. The Labute approximate surface area is 360 Å². The number of benzene rings is 5. The van der Waals surface area contributed by atoms with Gasteiger partial charge in [0.05, 0.1) is 13.2 Å². The molecule has 0 aromatic heterocycles. The van der Waals surface area contributed by atoms with Crippen molar-refractivity contribution in [2.75, 3.05) is 20.2 Å². The van der Waals surface area contributed by atoms with Gasteiger partial charge in [-0.05, 0) is 34.7 Å². The summed E-state index contributed by atoms with van der Waals surface area (Å²) >= 11 is 0. The quantitative estimate of drug-likeness (QED) is 0.126. The minimum atomic E-state index is -1.55. The number of esters is 1. The number of fused-ring (bicyclic) bond motifs is 4. The number of rotatable bonds is 14. The molecule has 3 heterocycles. The molecule has 4 aliphatic rings. The molecule has 62 heavy (non-hydrogen) atoms. The average molecular weight is 836 g/mol. The number of amides is 2. The third-order valence-electron chi connectivity index (χ3n) is 12.6. The first kappa shape index (κ1) is 41.2. The van der Waals surface area contributed by atoms with Gasteiger partial charge < -0.3 is 34.6 Å². The van der Waals surface area contributed by atoms with Crippen molar-refractivity contribution in [3.8, 4) is 5.75 Å². The molecule has 0 spiro atoms. The number of allylic oxidation sites excluding steroid dienone is 1. The molecule has 1 aliphatic carbocycles. The fourth-order valence-electron chi connectivity index (χ4n) is 9.60. The molecule has 4 fully saturated rings. The zero-order chi connectivity index (χ0) is 42.8. The maximum atomic E-state index is 15.7. The smallest absolute Gasteiger partial charge is 0.327 e. The number of nitrogens with one attached hydrogen (secondary N) is 1. The van der Waals surface area contributed by atoms with Crippen molar-refractivity contribution in [1.82, 2.24) is 15.3 Å². The number of aromatic hydroxyl groups is 1. The SMILES string of the molecule is CN(C(=O)C12CC3OC(=O)C1N(Cc1ccc(C=CCc4ccccc4O)cc1)OC2C1OC(c2ccccc2)(c2ccccc2)OC31)C(Cc1ccccc1)C(=O)NCCO. The van der Waals surface area contributed by atoms with Gasteiger partial charge in [-0.25, -0.2) is 0 Å². The second kappa shape index (κ2) is 17.3. The third-order valence-corrected chi connectivity index (χ3v) is 12.6. The molecule has 3 aliphatic heterocycles. The first-order chi connectivity index (χ1) is 30.2.